The molecule has 0 N–H and O–H groups in total. The lowest BCUT2D eigenvalue weighted by Crippen LogP contribution is -2.26. The summed E-state index contributed by atoms with van der Waals surface area (Å²) in [7, 11) is 0. The number of carbonyl (C=O) groups is 2. The second kappa shape index (κ2) is 6.23. The van der Waals surface area contributed by atoms with Crippen LogP contribution >= 0.6 is 12.6 Å². The zero-order valence-electron chi connectivity index (χ0n) is 9.80. The summed E-state index contributed by atoms with van der Waals surface area (Å²) in [6.07, 6.45) is -1.20. The van der Waals surface area contributed by atoms with E-state index < -0.39 is 30.4 Å². The lowest BCUT2D eigenvalue weighted by molar-refractivity contribution is -0.198. The van der Waals surface area contributed by atoms with Crippen molar-refractivity contribution in [3.63, 3.8) is 0 Å². The van der Waals surface area contributed by atoms with Crippen molar-refractivity contribution in [1.82, 2.24) is 0 Å². The highest BCUT2D eigenvalue weighted by Gasteiger charge is 2.35. The molecule has 1 fully saturated rings. The monoisotopic (exact) mass is 264 g/mol. The van der Waals surface area contributed by atoms with Gasteiger partial charge in [0, 0.05) is 5.75 Å². The van der Waals surface area contributed by atoms with E-state index in [1.165, 1.54) is 0 Å². The fourth-order valence-corrected chi connectivity index (χ4v) is 1.32. The summed E-state index contributed by atoms with van der Waals surface area (Å²) < 4.78 is 20.0. The summed E-state index contributed by atoms with van der Waals surface area (Å²) in [5, 5.41) is 0. The number of hydrogen-bond donors (Lipinski definition) is 1. The Hall–Kier alpha value is -0.790. The molecule has 98 valence electrons. The molecule has 1 heterocycles. The molecule has 1 saturated heterocycles. The van der Waals surface area contributed by atoms with Crippen LogP contribution in [0.3, 0.4) is 0 Å². The summed E-state index contributed by atoms with van der Waals surface area (Å²) in [5.74, 6) is -1.69. The van der Waals surface area contributed by atoms with Gasteiger partial charge in [0.25, 0.3) is 0 Å². The smallest absolute Gasteiger partial charge is 0.319 e. The molecule has 0 radical (unpaired) electrons. The minimum absolute atomic E-state index is 0.157. The van der Waals surface area contributed by atoms with Gasteiger partial charge in [0.15, 0.2) is 5.79 Å². The van der Waals surface area contributed by atoms with Crippen LogP contribution < -0.4 is 0 Å². The van der Waals surface area contributed by atoms with E-state index in [1.54, 1.807) is 13.8 Å². The van der Waals surface area contributed by atoms with E-state index in [2.05, 4.69) is 17.4 Å². The first-order valence-electron chi connectivity index (χ1n) is 5.21. The average molecular weight is 264 g/mol. The van der Waals surface area contributed by atoms with Gasteiger partial charge in [-0.1, -0.05) is 0 Å². The highest BCUT2D eigenvalue weighted by Crippen LogP contribution is 2.23. The summed E-state index contributed by atoms with van der Waals surface area (Å²) in [6, 6.07) is 0. The molecule has 0 unspecified atom stereocenters. The summed E-state index contributed by atoms with van der Waals surface area (Å²) in [4.78, 5) is 22.4. The summed E-state index contributed by atoms with van der Waals surface area (Å²) >= 11 is 3.87. The van der Waals surface area contributed by atoms with Gasteiger partial charge in [-0.15, -0.1) is 0 Å². The first kappa shape index (κ1) is 14.3. The molecule has 0 aromatic heterocycles. The molecule has 0 aromatic carbocycles. The number of ether oxygens (including phenoxy) is 4. The van der Waals surface area contributed by atoms with Crippen molar-refractivity contribution in [2.45, 2.75) is 32.3 Å². The van der Waals surface area contributed by atoms with Crippen LogP contribution in [0.2, 0.25) is 0 Å². The SMILES string of the molecule is CC1(C)OC[C@@H](OC(=O)CC(=O)OCCS)O1. The van der Waals surface area contributed by atoms with E-state index in [-0.39, 0.29) is 13.2 Å². The molecule has 7 heteroatoms. The molecular weight excluding hydrogens is 248 g/mol. The van der Waals surface area contributed by atoms with Gasteiger partial charge >= 0.3 is 11.9 Å². The number of rotatable bonds is 5. The quantitative estimate of drug-likeness (QED) is 0.443. The third kappa shape index (κ3) is 5.38. The fraction of sp³-hybridized carbons (Fsp3) is 0.800. The fourth-order valence-electron chi connectivity index (χ4n) is 1.23. The minimum atomic E-state index is -0.768. The predicted octanol–water partition coefficient (Wildman–Crippen LogP) is 0.502. The number of thiol groups is 1. The van der Waals surface area contributed by atoms with Crippen molar-refractivity contribution in [3.8, 4) is 0 Å². The van der Waals surface area contributed by atoms with Crippen molar-refractivity contribution < 1.29 is 28.5 Å². The highest BCUT2D eigenvalue weighted by atomic mass is 32.1. The van der Waals surface area contributed by atoms with Crippen LogP contribution in [-0.4, -0.2) is 43.0 Å². The van der Waals surface area contributed by atoms with E-state index in [4.69, 9.17) is 14.2 Å². The number of esters is 2. The van der Waals surface area contributed by atoms with E-state index in [0.717, 1.165) is 0 Å². The lowest BCUT2D eigenvalue weighted by atomic mass is 10.4. The molecule has 0 aliphatic carbocycles. The molecular formula is C10H16O6S. The van der Waals surface area contributed by atoms with Crippen molar-refractivity contribution in [2.24, 2.45) is 0 Å². The minimum Gasteiger partial charge on any atom is -0.464 e. The molecule has 0 spiro atoms. The molecule has 0 saturated carbocycles. The van der Waals surface area contributed by atoms with Gasteiger partial charge in [-0.3, -0.25) is 9.59 Å². The van der Waals surface area contributed by atoms with Crippen LogP contribution in [0.15, 0.2) is 0 Å². The van der Waals surface area contributed by atoms with Crippen LogP contribution in [0.25, 0.3) is 0 Å². The normalized spacial score (nSPS) is 22.2. The maximum atomic E-state index is 11.3. The first-order valence-corrected chi connectivity index (χ1v) is 5.84. The molecule has 17 heavy (non-hydrogen) atoms. The Morgan fingerprint density at radius 1 is 1.41 bits per heavy atom. The Bertz CT molecular complexity index is 291. The predicted molar refractivity (Wildman–Crippen MR) is 60.4 cm³/mol. The topological polar surface area (TPSA) is 71.1 Å². The Labute approximate surface area is 105 Å². The van der Waals surface area contributed by atoms with Crippen LogP contribution in [-0.2, 0) is 28.5 Å². The second-order valence-corrected chi connectivity index (χ2v) is 4.32. The molecule has 1 aliphatic rings. The standard InChI is InChI=1S/C10H16O6S/c1-10(2)14-6-9(16-10)15-8(12)5-7(11)13-3-4-17/h9,17H,3-6H2,1-2H3/t9-/m0/s1. The van der Waals surface area contributed by atoms with Crippen LogP contribution in [0.5, 0.6) is 0 Å². The van der Waals surface area contributed by atoms with Crippen LogP contribution in [0.1, 0.15) is 20.3 Å². The lowest BCUT2D eigenvalue weighted by Gasteiger charge is -2.16. The summed E-state index contributed by atoms with van der Waals surface area (Å²) in [6.45, 7) is 3.75. The Morgan fingerprint density at radius 3 is 2.65 bits per heavy atom. The van der Waals surface area contributed by atoms with E-state index >= 15 is 0 Å². The first-order chi connectivity index (χ1) is 7.93. The Morgan fingerprint density at radius 2 is 2.12 bits per heavy atom. The zero-order valence-corrected chi connectivity index (χ0v) is 10.7. The average Bonchev–Trinajstić information content (AvgIpc) is 2.54. The zero-order chi connectivity index (χ0) is 12.9. The van der Waals surface area contributed by atoms with Crippen LogP contribution in [0, 0.1) is 0 Å². The molecule has 1 aliphatic heterocycles. The van der Waals surface area contributed by atoms with Crippen molar-refractivity contribution in [2.75, 3.05) is 19.0 Å². The van der Waals surface area contributed by atoms with Crippen molar-refractivity contribution in [1.29, 1.82) is 0 Å². The maximum absolute atomic E-state index is 11.3. The van der Waals surface area contributed by atoms with Crippen molar-refractivity contribution in [3.05, 3.63) is 0 Å². The number of carbonyl (C=O) groups excluding carboxylic acids is 2. The van der Waals surface area contributed by atoms with E-state index in [9.17, 15) is 9.59 Å². The van der Waals surface area contributed by atoms with Crippen molar-refractivity contribution >= 4 is 24.6 Å². The Balaban J connectivity index is 2.24. The van der Waals surface area contributed by atoms with Gasteiger partial charge < -0.3 is 18.9 Å². The summed E-state index contributed by atoms with van der Waals surface area (Å²) in [5.41, 5.74) is 0. The molecule has 6 nitrogen and oxygen atoms in total. The molecule has 0 amide bonds. The van der Waals surface area contributed by atoms with Gasteiger partial charge in [-0.2, -0.15) is 12.6 Å². The molecule has 0 aromatic rings. The second-order valence-electron chi connectivity index (χ2n) is 3.87. The van der Waals surface area contributed by atoms with Gasteiger partial charge in [0.1, 0.15) is 19.6 Å². The van der Waals surface area contributed by atoms with Gasteiger partial charge in [-0.25, -0.2) is 0 Å². The third-order valence-corrected chi connectivity index (χ3v) is 2.07. The molecule has 0 bridgehead atoms. The van der Waals surface area contributed by atoms with Gasteiger partial charge in [0.2, 0.25) is 6.29 Å². The Kier molecular flexibility index (Phi) is 5.23. The number of hydrogen-bond acceptors (Lipinski definition) is 7. The largest absolute Gasteiger partial charge is 0.464 e. The third-order valence-electron chi connectivity index (χ3n) is 1.89. The van der Waals surface area contributed by atoms with Crippen LogP contribution in [0.4, 0.5) is 0 Å². The maximum Gasteiger partial charge on any atom is 0.319 e. The van der Waals surface area contributed by atoms with Gasteiger partial charge in [-0.05, 0) is 13.8 Å². The molecule has 1 rings (SSSR count). The highest BCUT2D eigenvalue weighted by molar-refractivity contribution is 7.80. The molecule has 1 atom stereocenters. The van der Waals surface area contributed by atoms with Gasteiger partial charge in [0.05, 0.1) is 0 Å². The van der Waals surface area contributed by atoms with E-state index in [0.29, 0.717) is 5.75 Å². The van der Waals surface area contributed by atoms with E-state index in [1.807, 2.05) is 0 Å².